The fourth-order valence-corrected chi connectivity index (χ4v) is 5.47. The summed E-state index contributed by atoms with van der Waals surface area (Å²) >= 11 is 13.4. The van der Waals surface area contributed by atoms with Gasteiger partial charge in [-0.1, -0.05) is 47.5 Å². The minimum atomic E-state index is -1.14. The van der Waals surface area contributed by atoms with Gasteiger partial charge in [-0.3, -0.25) is 4.79 Å². The van der Waals surface area contributed by atoms with E-state index in [4.69, 9.17) is 27.9 Å². The average Bonchev–Trinajstić information content (AvgIpc) is 3.54. The summed E-state index contributed by atoms with van der Waals surface area (Å²) in [7, 11) is 1.51. The van der Waals surface area contributed by atoms with Gasteiger partial charge in [0.1, 0.15) is 4.88 Å². The molecule has 2 aromatic carbocycles. The highest BCUT2D eigenvalue weighted by Crippen LogP contribution is 2.38. The summed E-state index contributed by atoms with van der Waals surface area (Å²) in [5, 5.41) is 15.1. The molecule has 0 bridgehead atoms. The number of fused-ring (bicyclic) bond motifs is 1. The summed E-state index contributed by atoms with van der Waals surface area (Å²) in [6.07, 6.45) is 3.54. The Morgan fingerprint density at radius 3 is 2.53 bits per heavy atom. The fraction of sp³-hybridized carbons (Fsp3) is 0.111. The van der Waals surface area contributed by atoms with Crippen molar-refractivity contribution in [3.63, 3.8) is 0 Å². The molecule has 1 N–H and O–H groups in total. The number of carbonyl (C=O) groups excluding carboxylic acids is 1. The molecule has 5 rings (SSSR count). The normalized spacial score (nSPS) is 11.1. The van der Waals surface area contributed by atoms with Crippen LogP contribution in [-0.2, 0) is 4.74 Å². The molecule has 1 amide bonds. The third-order valence-electron chi connectivity index (χ3n) is 5.82. The molecule has 192 valence electrons. The van der Waals surface area contributed by atoms with E-state index in [1.165, 1.54) is 24.1 Å². The molecular weight excluding hydrogens is 547 g/mol. The van der Waals surface area contributed by atoms with Crippen molar-refractivity contribution < 1.29 is 19.4 Å². The third kappa shape index (κ3) is 5.14. The van der Waals surface area contributed by atoms with Crippen molar-refractivity contribution in [3.8, 4) is 21.7 Å². The number of hydrogen-bond donors (Lipinski definition) is 1. The Kier molecular flexibility index (Phi) is 7.44. The summed E-state index contributed by atoms with van der Waals surface area (Å²) in [5.74, 6) is -1.59. The molecule has 3 heterocycles. The highest BCUT2D eigenvalue weighted by Gasteiger charge is 2.27. The number of amides is 1. The molecule has 0 radical (unpaired) electrons. The molecule has 5 aromatic rings. The van der Waals surface area contributed by atoms with Crippen molar-refractivity contribution in [2.24, 2.45) is 0 Å². The van der Waals surface area contributed by atoms with Crippen LogP contribution >= 0.6 is 34.5 Å². The number of ether oxygens (including phenoxy) is 1. The standard InChI is InChI=1S/C27H20Cl2N4O4S/c1-37-12-11-32(26(34)19-8-7-18(28)13-20(19)29)22-15-23(38-25(22)27(35)36)17-5-3-16(4-6-17)21-14-24-30-9-2-10-33(24)31-21/h2-10,13-15H,11-12H2,1H3,(H,35,36). The van der Waals surface area contributed by atoms with E-state index in [9.17, 15) is 14.7 Å². The first-order valence-corrected chi connectivity index (χ1v) is 13.0. The summed E-state index contributed by atoms with van der Waals surface area (Å²) in [5.41, 5.74) is 3.68. The van der Waals surface area contributed by atoms with Crippen LogP contribution in [0.5, 0.6) is 0 Å². The highest BCUT2D eigenvalue weighted by atomic mass is 35.5. The molecule has 11 heteroatoms. The summed E-state index contributed by atoms with van der Waals surface area (Å²) < 4.78 is 6.89. The van der Waals surface area contributed by atoms with Crippen LogP contribution in [0.15, 0.2) is 73.1 Å². The Labute approximate surface area is 231 Å². The van der Waals surface area contributed by atoms with Gasteiger partial charge in [-0.25, -0.2) is 14.3 Å². The number of benzene rings is 2. The van der Waals surface area contributed by atoms with Crippen molar-refractivity contribution >= 4 is 57.7 Å². The van der Waals surface area contributed by atoms with Crippen molar-refractivity contribution in [1.29, 1.82) is 0 Å². The lowest BCUT2D eigenvalue weighted by molar-refractivity contribution is 0.0702. The number of anilines is 1. The second-order valence-corrected chi connectivity index (χ2v) is 10.1. The first-order valence-electron chi connectivity index (χ1n) is 11.4. The molecule has 0 saturated heterocycles. The van der Waals surface area contributed by atoms with Crippen molar-refractivity contribution in [2.45, 2.75) is 0 Å². The molecule has 0 aliphatic rings. The van der Waals surface area contributed by atoms with Crippen molar-refractivity contribution in [1.82, 2.24) is 14.6 Å². The van der Waals surface area contributed by atoms with E-state index in [0.717, 1.165) is 33.8 Å². The fourth-order valence-electron chi connectivity index (χ4n) is 3.98. The van der Waals surface area contributed by atoms with Crippen LogP contribution in [0.25, 0.3) is 27.3 Å². The maximum Gasteiger partial charge on any atom is 0.348 e. The van der Waals surface area contributed by atoms with Crippen LogP contribution < -0.4 is 4.90 Å². The largest absolute Gasteiger partial charge is 0.477 e. The van der Waals surface area contributed by atoms with Gasteiger partial charge in [0, 0.05) is 47.6 Å². The molecule has 0 aliphatic heterocycles. The second-order valence-electron chi connectivity index (χ2n) is 8.23. The molecule has 0 atom stereocenters. The first kappa shape index (κ1) is 25.9. The van der Waals surface area contributed by atoms with E-state index >= 15 is 0 Å². The number of carbonyl (C=O) groups is 2. The lowest BCUT2D eigenvalue weighted by Gasteiger charge is -2.23. The number of aromatic nitrogens is 3. The number of halogens is 2. The van der Waals surface area contributed by atoms with E-state index in [-0.39, 0.29) is 34.3 Å². The Morgan fingerprint density at radius 2 is 1.84 bits per heavy atom. The molecule has 0 fully saturated rings. The van der Waals surface area contributed by atoms with E-state index in [2.05, 4.69) is 10.1 Å². The summed E-state index contributed by atoms with van der Waals surface area (Å²) in [6, 6.07) is 17.6. The van der Waals surface area contributed by atoms with Gasteiger partial charge in [0.05, 0.1) is 28.6 Å². The van der Waals surface area contributed by atoms with Gasteiger partial charge in [-0.15, -0.1) is 11.3 Å². The zero-order valence-corrected chi connectivity index (χ0v) is 22.3. The van der Waals surface area contributed by atoms with Crippen LogP contribution in [0.3, 0.4) is 0 Å². The Balaban J connectivity index is 1.51. The molecule has 0 unspecified atom stereocenters. The van der Waals surface area contributed by atoms with Crippen LogP contribution in [0.4, 0.5) is 5.69 Å². The highest BCUT2D eigenvalue weighted by molar-refractivity contribution is 7.18. The molecule has 3 aromatic heterocycles. The van der Waals surface area contributed by atoms with E-state index in [1.54, 1.807) is 22.8 Å². The zero-order chi connectivity index (χ0) is 26.8. The molecule has 8 nitrogen and oxygen atoms in total. The Morgan fingerprint density at radius 1 is 1.08 bits per heavy atom. The van der Waals surface area contributed by atoms with E-state index in [1.807, 2.05) is 42.6 Å². The number of nitrogens with zero attached hydrogens (tertiary/aromatic N) is 4. The van der Waals surface area contributed by atoms with Crippen LogP contribution in [-0.4, -0.2) is 51.8 Å². The molecule has 38 heavy (non-hydrogen) atoms. The minimum Gasteiger partial charge on any atom is -0.477 e. The molecular formula is C27H20Cl2N4O4S. The number of aromatic carboxylic acids is 1. The second kappa shape index (κ2) is 10.9. The smallest absolute Gasteiger partial charge is 0.348 e. The average molecular weight is 567 g/mol. The van der Waals surface area contributed by atoms with Crippen LogP contribution in [0.1, 0.15) is 20.0 Å². The van der Waals surface area contributed by atoms with Gasteiger partial charge < -0.3 is 14.7 Å². The number of thiophene rings is 1. The number of carboxylic acids is 1. The van der Waals surface area contributed by atoms with Gasteiger partial charge in [0.2, 0.25) is 0 Å². The number of methoxy groups -OCH3 is 1. The minimum absolute atomic E-state index is 0.0324. The van der Waals surface area contributed by atoms with Gasteiger partial charge >= 0.3 is 5.97 Å². The van der Waals surface area contributed by atoms with Gasteiger partial charge in [0.15, 0.2) is 5.65 Å². The van der Waals surface area contributed by atoms with Crippen LogP contribution in [0, 0.1) is 0 Å². The van der Waals surface area contributed by atoms with Gasteiger partial charge in [-0.05, 0) is 35.9 Å². The van der Waals surface area contributed by atoms with Gasteiger partial charge in [0.25, 0.3) is 5.91 Å². The Bertz CT molecular complexity index is 1620. The van der Waals surface area contributed by atoms with Crippen LogP contribution in [0.2, 0.25) is 10.0 Å². The lowest BCUT2D eigenvalue weighted by atomic mass is 10.1. The summed E-state index contributed by atoms with van der Waals surface area (Å²) in [6.45, 7) is 0.329. The maximum atomic E-state index is 13.5. The Hall–Kier alpha value is -3.76. The number of hydrogen-bond acceptors (Lipinski definition) is 6. The molecule has 0 spiro atoms. The summed E-state index contributed by atoms with van der Waals surface area (Å²) in [4.78, 5) is 32.1. The predicted molar refractivity (Wildman–Crippen MR) is 149 cm³/mol. The monoisotopic (exact) mass is 566 g/mol. The quantitative estimate of drug-likeness (QED) is 0.232. The number of rotatable bonds is 8. The predicted octanol–water partition coefficient (Wildman–Crippen LogP) is 6.42. The van der Waals surface area contributed by atoms with Crippen molar-refractivity contribution in [2.75, 3.05) is 25.2 Å². The first-order chi connectivity index (χ1) is 18.4. The maximum absolute atomic E-state index is 13.5. The van der Waals surface area contributed by atoms with Crippen molar-refractivity contribution in [3.05, 3.63) is 93.5 Å². The molecule has 0 aliphatic carbocycles. The number of carboxylic acid groups (broad SMARTS) is 1. The third-order valence-corrected chi connectivity index (χ3v) is 7.53. The molecule has 0 saturated carbocycles. The van der Waals surface area contributed by atoms with E-state index in [0.29, 0.717) is 9.90 Å². The topological polar surface area (TPSA) is 97.0 Å². The lowest BCUT2D eigenvalue weighted by Crippen LogP contribution is -2.34. The van der Waals surface area contributed by atoms with E-state index < -0.39 is 11.9 Å². The SMILES string of the molecule is COCCN(C(=O)c1ccc(Cl)cc1Cl)c1cc(-c2ccc(-c3cc4ncccn4n3)cc2)sc1C(=O)O. The zero-order valence-electron chi connectivity index (χ0n) is 20.0. The van der Waals surface area contributed by atoms with Gasteiger partial charge in [-0.2, -0.15) is 5.10 Å².